The molecule has 1 heterocycles. The molecule has 3 rings (SSSR count). The van der Waals surface area contributed by atoms with Gasteiger partial charge in [0.25, 0.3) is 0 Å². The van der Waals surface area contributed by atoms with Crippen LogP contribution in [0.5, 0.6) is 0 Å². The van der Waals surface area contributed by atoms with Crippen LogP contribution in [-0.2, 0) is 10.2 Å². The molecular weight excluding hydrogens is 316 g/mol. The molecule has 2 amide bonds. The van der Waals surface area contributed by atoms with Crippen LogP contribution in [0.3, 0.4) is 0 Å². The normalized spacial score (nSPS) is 25.2. The highest BCUT2D eigenvalue weighted by Crippen LogP contribution is 2.47. The number of rotatable bonds is 4. The van der Waals surface area contributed by atoms with E-state index >= 15 is 0 Å². The first-order valence-corrected chi connectivity index (χ1v) is 8.25. The van der Waals surface area contributed by atoms with Gasteiger partial charge in [-0.1, -0.05) is 23.7 Å². The summed E-state index contributed by atoms with van der Waals surface area (Å²) in [6.07, 6.45) is 2.58. The SMILES string of the molecule is CC1(C(=O)O)CCN(C(=O)NCC2(c3ccc(Cl)cc3)CC2)C1. The monoisotopic (exact) mass is 336 g/mol. The van der Waals surface area contributed by atoms with Crippen LogP contribution < -0.4 is 5.32 Å². The van der Waals surface area contributed by atoms with Crippen molar-refractivity contribution in [2.24, 2.45) is 5.41 Å². The first kappa shape index (κ1) is 16.1. The number of nitrogens with one attached hydrogen (secondary N) is 1. The smallest absolute Gasteiger partial charge is 0.317 e. The van der Waals surface area contributed by atoms with Gasteiger partial charge in [0.2, 0.25) is 0 Å². The van der Waals surface area contributed by atoms with Crippen LogP contribution >= 0.6 is 11.6 Å². The molecule has 0 spiro atoms. The van der Waals surface area contributed by atoms with Crippen LogP contribution in [0.2, 0.25) is 5.02 Å². The summed E-state index contributed by atoms with van der Waals surface area (Å²) in [5.74, 6) is -0.840. The minimum absolute atomic E-state index is 0.00999. The highest BCUT2D eigenvalue weighted by Gasteiger charge is 2.46. The van der Waals surface area contributed by atoms with Crippen molar-refractivity contribution in [3.05, 3.63) is 34.9 Å². The Morgan fingerprint density at radius 1 is 1.26 bits per heavy atom. The number of hydrogen-bond donors (Lipinski definition) is 2. The number of benzene rings is 1. The van der Waals surface area contributed by atoms with Crippen molar-refractivity contribution >= 4 is 23.6 Å². The lowest BCUT2D eigenvalue weighted by Gasteiger charge is -2.23. The highest BCUT2D eigenvalue weighted by molar-refractivity contribution is 6.30. The molecule has 1 aliphatic carbocycles. The Bertz CT molecular complexity index is 627. The summed E-state index contributed by atoms with van der Waals surface area (Å²) in [7, 11) is 0. The standard InChI is InChI=1S/C17H21ClN2O3/c1-16(14(21)22)8-9-20(11-16)15(23)19-10-17(6-7-17)12-2-4-13(18)5-3-12/h2-5H,6-11H2,1H3,(H,19,23)(H,21,22). The molecular formula is C17H21ClN2O3. The van der Waals surface area contributed by atoms with Gasteiger partial charge < -0.3 is 15.3 Å². The van der Waals surface area contributed by atoms with E-state index < -0.39 is 11.4 Å². The number of amides is 2. The lowest BCUT2D eigenvalue weighted by molar-refractivity contribution is -0.146. The molecule has 1 aromatic carbocycles. The zero-order chi connectivity index (χ0) is 16.7. The van der Waals surface area contributed by atoms with Gasteiger partial charge in [-0.3, -0.25) is 4.79 Å². The summed E-state index contributed by atoms with van der Waals surface area (Å²) >= 11 is 5.92. The molecule has 1 saturated carbocycles. The van der Waals surface area contributed by atoms with Gasteiger partial charge in [-0.2, -0.15) is 0 Å². The molecule has 1 aromatic rings. The van der Waals surface area contributed by atoms with E-state index in [0.29, 0.717) is 24.5 Å². The predicted octanol–water partition coefficient (Wildman–Crippen LogP) is 2.88. The maximum atomic E-state index is 12.3. The Balaban J connectivity index is 1.58. The first-order valence-electron chi connectivity index (χ1n) is 7.87. The molecule has 23 heavy (non-hydrogen) atoms. The van der Waals surface area contributed by atoms with E-state index in [9.17, 15) is 14.7 Å². The van der Waals surface area contributed by atoms with E-state index in [4.69, 9.17) is 11.6 Å². The van der Waals surface area contributed by atoms with Crippen LogP contribution in [0.1, 0.15) is 31.7 Å². The molecule has 0 aromatic heterocycles. The number of carboxylic acid groups (broad SMARTS) is 1. The van der Waals surface area contributed by atoms with Gasteiger partial charge in [-0.05, 0) is 43.9 Å². The average Bonchev–Trinajstić information content (AvgIpc) is 3.20. The van der Waals surface area contributed by atoms with Gasteiger partial charge in [0.15, 0.2) is 0 Å². The summed E-state index contributed by atoms with van der Waals surface area (Å²) in [4.78, 5) is 25.2. The lowest BCUT2D eigenvalue weighted by atomic mass is 9.90. The number of hydrogen-bond acceptors (Lipinski definition) is 2. The third-order valence-corrected chi connectivity index (χ3v) is 5.42. The molecule has 0 bridgehead atoms. The summed E-state index contributed by atoms with van der Waals surface area (Å²) < 4.78 is 0. The molecule has 2 aliphatic rings. The number of carboxylic acids is 1. The van der Waals surface area contributed by atoms with Gasteiger partial charge in [-0.15, -0.1) is 0 Å². The van der Waals surface area contributed by atoms with Crippen molar-refractivity contribution in [1.29, 1.82) is 0 Å². The van der Waals surface area contributed by atoms with Crippen molar-refractivity contribution in [2.75, 3.05) is 19.6 Å². The number of nitrogens with zero attached hydrogens (tertiary/aromatic N) is 1. The number of carbonyl (C=O) groups is 2. The largest absolute Gasteiger partial charge is 0.481 e. The van der Waals surface area contributed by atoms with Crippen LogP contribution in [0.15, 0.2) is 24.3 Å². The first-order chi connectivity index (χ1) is 10.8. The molecule has 2 fully saturated rings. The fourth-order valence-corrected chi connectivity index (χ4v) is 3.31. The summed E-state index contributed by atoms with van der Waals surface area (Å²) in [6, 6.07) is 7.60. The fraction of sp³-hybridized carbons (Fsp3) is 0.529. The quantitative estimate of drug-likeness (QED) is 0.888. The molecule has 2 N–H and O–H groups in total. The van der Waals surface area contributed by atoms with Gasteiger partial charge in [-0.25, -0.2) is 4.79 Å². The van der Waals surface area contributed by atoms with Crippen molar-refractivity contribution < 1.29 is 14.7 Å². The Morgan fingerprint density at radius 3 is 2.43 bits per heavy atom. The lowest BCUT2D eigenvalue weighted by Crippen LogP contribution is -2.43. The topological polar surface area (TPSA) is 69.6 Å². The van der Waals surface area contributed by atoms with Gasteiger partial charge >= 0.3 is 12.0 Å². The van der Waals surface area contributed by atoms with Gasteiger partial charge in [0.05, 0.1) is 5.41 Å². The van der Waals surface area contributed by atoms with Crippen molar-refractivity contribution in [1.82, 2.24) is 10.2 Å². The molecule has 1 atom stereocenters. The second-order valence-corrected chi connectivity index (χ2v) is 7.42. The number of carbonyl (C=O) groups excluding carboxylic acids is 1. The second-order valence-electron chi connectivity index (χ2n) is 6.98. The number of urea groups is 1. The van der Waals surface area contributed by atoms with Crippen LogP contribution in [0, 0.1) is 5.41 Å². The van der Waals surface area contributed by atoms with E-state index in [1.54, 1.807) is 11.8 Å². The number of halogens is 1. The summed E-state index contributed by atoms with van der Waals surface area (Å²) in [5, 5.41) is 12.9. The van der Waals surface area contributed by atoms with Crippen LogP contribution in [0.25, 0.3) is 0 Å². The van der Waals surface area contributed by atoms with E-state index in [0.717, 1.165) is 12.8 Å². The Hall–Kier alpha value is -1.75. The van der Waals surface area contributed by atoms with Crippen molar-refractivity contribution in [2.45, 2.75) is 31.6 Å². The maximum absolute atomic E-state index is 12.3. The van der Waals surface area contributed by atoms with Crippen LogP contribution in [0.4, 0.5) is 4.79 Å². The van der Waals surface area contributed by atoms with E-state index in [1.165, 1.54) is 5.56 Å². The molecule has 124 valence electrons. The molecule has 0 radical (unpaired) electrons. The number of aliphatic carboxylic acids is 1. The van der Waals surface area contributed by atoms with E-state index in [2.05, 4.69) is 5.32 Å². The third-order valence-electron chi connectivity index (χ3n) is 5.17. The Kier molecular flexibility index (Phi) is 4.00. The minimum Gasteiger partial charge on any atom is -0.481 e. The van der Waals surface area contributed by atoms with Gasteiger partial charge in [0.1, 0.15) is 0 Å². The fourth-order valence-electron chi connectivity index (χ4n) is 3.19. The highest BCUT2D eigenvalue weighted by atomic mass is 35.5. The van der Waals surface area contributed by atoms with Crippen molar-refractivity contribution in [3.63, 3.8) is 0 Å². The average molecular weight is 337 g/mol. The van der Waals surface area contributed by atoms with Gasteiger partial charge in [0, 0.05) is 30.1 Å². The second kappa shape index (κ2) is 5.71. The van der Waals surface area contributed by atoms with E-state index in [-0.39, 0.29) is 18.0 Å². The molecule has 1 saturated heterocycles. The van der Waals surface area contributed by atoms with Crippen LogP contribution in [-0.4, -0.2) is 41.6 Å². The third kappa shape index (κ3) is 3.15. The predicted molar refractivity (Wildman–Crippen MR) is 87.7 cm³/mol. The van der Waals surface area contributed by atoms with E-state index in [1.807, 2.05) is 24.3 Å². The molecule has 5 nitrogen and oxygen atoms in total. The Morgan fingerprint density at radius 2 is 1.91 bits per heavy atom. The van der Waals surface area contributed by atoms with Crippen molar-refractivity contribution in [3.8, 4) is 0 Å². The zero-order valence-electron chi connectivity index (χ0n) is 13.1. The Labute approximate surface area is 140 Å². The number of likely N-dealkylation sites (tertiary alicyclic amines) is 1. The summed E-state index contributed by atoms with van der Waals surface area (Å²) in [5.41, 5.74) is 0.375. The molecule has 1 aliphatic heterocycles. The maximum Gasteiger partial charge on any atom is 0.317 e. The molecule has 6 heteroatoms. The molecule has 1 unspecified atom stereocenters. The summed E-state index contributed by atoms with van der Waals surface area (Å²) in [6.45, 7) is 3.02. The minimum atomic E-state index is -0.840. The zero-order valence-corrected chi connectivity index (χ0v) is 13.9.